The minimum Gasteiger partial charge on any atom is -0.478 e. The molecule has 194 valence electrons. The van der Waals surface area contributed by atoms with Crippen molar-refractivity contribution in [3.05, 3.63) is 71.3 Å². The summed E-state index contributed by atoms with van der Waals surface area (Å²) >= 11 is 0. The summed E-state index contributed by atoms with van der Waals surface area (Å²) < 4.78 is 55.8. The average molecular weight is 516 g/mol. The highest BCUT2D eigenvalue weighted by atomic mass is 19.4. The van der Waals surface area contributed by atoms with Crippen LogP contribution >= 0.6 is 0 Å². The van der Waals surface area contributed by atoms with Crippen LogP contribution in [-0.4, -0.2) is 50.9 Å². The van der Waals surface area contributed by atoms with Gasteiger partial charge in [-0.3, -0.25) is 4.79 Å². The summed E-state index contributed by atoms with van der Waals surface area (Å²) in [6.45, 7) is -0.351. The highest BCUT2D eigenvalue weighted by Crippen LogP contribution is 2.42. The van der Waals surface area contributed by atoms with Gasteiger partial charge in [0.2, 0.25) is 0 Å². The van der Waals surface area contributed by atoms with Gasteiger partial charge in [0.1, 0.15) is 11.4 Å². The van der Waals surface area contributed by atoms with Crippen molar-refractivity contribution in [3.8, 4) is 16.8 Å². The molecule has 6 nitrogen and oxygen atoms in total. The summed E-state index contributed by atoms with van der Waals surface area (Å²) in [5.74, 6) is -2.41. The Morgan fingerprint density at radius 2 is 1.78 bits per heavy atom. The lowest BCUT2D eigenvalue weighted by Gasteiger charge is -2.24. The van der Waals surface area contributed by atoms with Crippen LogP contribution in [0.4, 0.5) is 17.6 Å². The van der Waals surface area contributed by atoms with E-state index in [4.69, 9.17) is 0 Å². The maximum absolute atomic E-state index is 15.7. The van der Waals surface area contributed by atoms with Crippen LogP contribution in [-0.2, 0) is 0 Å². The predicted octanol–water partition coefficient (Wildman–Crippen LogP) is 6.06. The van der Waals surface area contributed by atoms with E-state index in [1.807, 2.05) is 0 Å². The van der Waals surface area contributed by atoms with E-state index in [0.29, 0.717) is 16.9 Å². The standard InChI is InChI=1S/C27H25F4N3O3/c28-23-20(5-2-6-21(23)25(35)33(15-16-7-8-16)12-11-27(29,30)31)18-3-1-4-19(13-18)34-24(17-9-10-17)22(14-32-34)26(36)37/h1-6,13-14,16-17H,7-12,15H2,(H,36,37). The topological polar surface area (TPSA) is 75.4 Å². The van der Waals surface area contributed by atoms with Crippen LogP contribution in [0.5, 0.6) is 0 Å². The smallest absolute Gasteiger partial charge is 0.390 e. The Morgan fingerprint density at radius 1 is 1.05 bits per heavy atom. The highest BCUT2D eigenvalue weighted by molar-refractivity contribution is 5.96. The molecular weight excluding hydrogens is 490 g/mol. The molecule has 37 heavy (non-hydrogen) atoms. The van der Waals surface area contributed by atoms with Crippen molar-refractivity contribution in [3.63, 3.8) is 0 Å². The molecule has 0 aliphatic heterocycles. The lowest BCUT2D eigenvalue weighted by molar-refractivity contribution is -0.136. The van der Waals surface area contributed by atoms with Crippen molar-refractivity contribution in [2.75, 3.05) is 13.1 Å². The van der Waals surface area contributed by atoms with Crippen LogP contribution in [0.1, 0.15) is 64.4 Å². The van der Waals surface area contributed by atoms with Gasteiger partial charge in [-0.05, 0) is 55.4 Å². The van der Waals surface area contributed by atoms with Crippen LogP contribution in [0.3, 0.4) is 0 Å². The molecule has 5 rings (SSSR count). The predicted molar refractivity (Wildman–Crippen MR) is 127 cm³/mol. The van der Waals surface area contributed by atoms with Gasteiger partial charge in [-0.25, -0.2) is 13.9 Å². The third kappa shape index (κ3) is 5.52. The third-order valence-electron chi connectivity index (χ3n) is 6.76. The van der Waals surface area contributed by atoms with Crippen LogP contribution < -0.4 is 0 Å². The second kappa shape index (κ2) is 9.64. The molecule has 2 saturated carbocycles. The van der Waals surface area contributed by atoms with E-state index in [9.17, 15) is 27.9 Å². The molecule has 1 amide bonds. The Bertz CT molecular complexity index is 1340. The number of carbonyl (C=O) groups is 2. The minimum absolute atomic E-state index is 0.0871. The Labute approximate surface area is 210 Å². The molecule has 1 heterocycles. The Hall–Kier alpha value is -3.69. The number of benzene rings is 2. The molecule has 0 unspecified atom stereocenters. The summed E-state index contributed by atoms with van der Waals surface area (Å²) in [7, 11) is 0. The van der Waals surface area contributed by atoms with Crippen molar-refractivity contribution in [1.82, 2.24) is 14.7 Å². The number of hydrogen-bond acceptors (Lipinski definition) is 3. The molecule has 0 spiro atoms. The molecule has 0 radical (unpaired) electrons. The van der Waals surface area contributed by atoms with Crippen molar-refractivity contribution in [2.24, 2.45) is 5.92 Å². The number of carbonyl (C=O) groups excluding carboxylic acids is 1. The summed E-state index contributed by atoms with van der Waals surface area (Å²) in [6, 6.07) is 11.0. The van der Waals surface area contributed by atoms with E-state index in [1.165, 1.54) is 24.4 Å². The SMILES string of the molecule is O=C(O)c1cnn(-c2cccc(-c3cccc(C(=O)N(CCC(F)(F)F)CC4CC4)c3F)c2)c1C1CC1. The maximum Gasteiger partial charge on any atom is 0.390 e. The van der Waals surface area contributed by atoms with Crippen LogP contribution in [0.2, 0.25) is 0 Å². The summed E-state index contributed by atoms with van der Waals surface area (Å²) in [4.78, 5) is 25.9. The molecular formula is C27H25F4N3O3. The Morgan fingerprint density at radius 3 is 2.43 bits per heavy atom. The fourth-order valence-corrected chi connectivity index (χ4v) is 4.52. The Kier molecular flexibility index (Phi) is 6.51. The van der Waals surface area contributed by atoms with Gasteiger partial charge in [-0.2, -0.15) is 18.3 Å². The van der Waals surface area contributed by atoms with Gasteiger partial charge in [-0.1, -0.05) is 24.3 Å². The zero-order valence-electron chi connectivity index (χ0n) is 19.8. The average Bonchev–Trinajstić information content (AvgIpc) is 3.80. The Balaban J connectivity index is 1.47. The number of rotatable bonds is 9. The molecule has 0 saturated heterocycles. The number of aromatic carboxylic acids is 1. The fourth-order valence-electron chi connectivity index (χ4n) is 4.52. The molecule has 2 aliphatic rings. The number of alkyl halides is 3. The highest BCUT2D eigenvalue weighted by Gasteiger charge is 2.34. The lowest BCUT2D eigenvalue weighted by Crippen LogP contribution is -2.36. The first-order valence-electron chi connectivity index (χ1n) is 12.2. The van der Waals surface area contributed by atoms with E-state index >= 15 is 4.39 Å². The number of carboxylic acids is 1. The first-order valence-corrected chi connectivity index (χ1v) is 12.2. The molecule has 0 atom stereocenters. The van der Waals surface area contributed by atoms with Crippen molar-refractivity contribution in [2.45, 2.75) is 44.2 Å². The molecule has 2 fully saturated rings. The summed E-state index contributed by atoms with van der Waals surface area (Å²) in [6.07, 6.45) is -0.879. The second-order valence-corrected chi connectivity index (χ2v) is 9.71. The number of amides is 1. The van der Waals surface area contributed by atoms with Crippen LogP contribution in [0.25, 0.3) is 16.8 Å². The molecule has 1 N–H and O–H groups in total. The van der Waals surface area contributed by atoms with Crippen molar-refractivity contribution < 1.29 is 32.3 Å². The summed E-state index contributed by atoms with van der Waals surface area (Å²) in [5.41, 5.74) is 1.53. The van der Waals surface area contributed by atoms with Gasteiger partial charge in [0, 0.05) is 24.6 Å². The second-order valence-electron chi connectivity index (χ2n) is 9.71. The van der Waals surface area contributed by atoms with Gasteiger partial charge >= 0.3 is 12.1 Å². The number of carboxylic acid groups (broad SMARTS) is 1. The first-order chi connectivity index (χ1) is 17.6. The maximum atomic E-state index is 15.7. The van der Waals surface area contributed by atoms with Gasteiger partial charge in [0.25, 0.3) is 5.91 Å². The van der Waals surface area contributed by atoms with Crippen molar-refractivity contribution >= 4 is 11.9 Å². The normalized spacial score (nSPS) is 15.6. The number of hydrogen-bond donors (Lipinski definition) is 1. The van der Waals surface area contributed by atoms with Crippen LogP contribution in [0.15, 0.2) is 48.7 Å². The fraction of sp³-hybridized carbons (Fsp3) is 0.370. The molecule has 2 aromatic carbocycles. The molecule has 0 bridgehead atoms. The van der Waals surface area contributed by atoms with E-state index in [2.05, 4.69) is 5.10 Å². The molecule has 10 heteroatoms. The van der Waals surface area contributed by atoms with Gasteiger partial charge in [0.05, 0.1) is 29.6 Å². The number of nitrogens with zero attached hydrogens (tertiary/aromatic N) is 3. The monoisotopic (exact) mass is 515 g/mol. The summed E-state index contributed by atoms with van der Waals surface area (Å²) in [5, 5.41) is 13.8. The molecule has 3 aromatic rings. The van der Waals surface area contributed by atoms with E-state index < -0.39 is 36.8 Å². The van der Waals surface area contributed by atoms with E-state index in [0.717, 1.165) is 30.6 Å². The number of halogens is 4. The largest absolute Gasteiger partial charge is 0.478 e. The van der Waals surface area contributed by atoms with E-state index in [-0.39, 0.29) is 35.1 Å². The van der Waals surface area contributed by atoms with E-state index in [1.54, 1.807) is 28.9 Å². The van der Waals surface area contributed by atoms with Crippen LogP contribution in [0, 0.1) is 11.7 Å². The number of aromatic nitrogens is 2. The zero-order chi connectivity index (χ0) is 26.3. The van der Waals surface area contributed by atoms with Gasteiger partial charge in [0.15, 0.2) is 0 Å². The van der Waals surface area contributed by atoms with Gasteiger partial charge < -0.3 is 10.0 Å². The molecule has 2 aliphatic carbocycles. The van der Waals surface area contributed by atoms with Crippen molar-refractivity contribution in [1.29, 1.82) is 0 Å². The zero-order valence-corrected chi connectivity index (χ0v) is 19.8. The third-order valence-corrected chi connectivity index (χ3v) is 6.76. The quantitative estimate of drug-likeness (QED) is 0.352. The lowest BCUT2D eigenvalue weighted by atomic mass is 10.0. The van der Waals surface area contributed by atoms with Gasteiger partial charge in [-0.15, -0.1) is 0 Å². The first kappa shape index (κ1) is 25.0. The minimum atomic E-state index is -4.42. The molecule has 1 aromatic heterocycles.